The number of aliphatic carboxylic acids is 1. The standard InChI is InChI=1S/C22H22N4O5/c1-14-5-7-15(8-6-14)17(12-19(28)29)24-22(31)25-20-18(27)9-11-26(21(20)30)13-16-4-2-3-10-23-16/h2-11,17,27H,12-13H2,1H3,(H,28,29)(H2,24,25,31)/t17-/m0/s1. The van der Waals surface area contributed by atoms with Gasteiger partial charge in [-0.3, -0.25) is 14.6 Å². The van der Waals surface area contributed by atoms with Gasteiger partial charge in [-0.05, 0) is 30.7 Å². The topological polar surface area (TPSA) is 134 Å². The summed E-state index contributed by atoms with van der Waals surface area (Å²) >= 11 is 0. The zero-order chi connectivity index (χ0) is 22.4. The Balaban J connectivity index is 1.79. The normalized spacial score (nSPS) is 11.5. The van der Waals surface area contributed by atoms with Gasteiger partial charge in [-0.2, -0.15) is 0 Å². The van der Waals surface area contributed by atoms with Gasteiger partial charge < -0.3 is 25.4 Å². The number of nitrogens with one attached hydrogen (secondary N) is 2. The Labute approximate surface area is 178 Å². The molecule has 0 fully saturated rings. The second kappa shape index (κ2) is 9.57. The minimum Gasteiger partial charge on any atom is -0.505 e. The van der Waals surface area contributed by atoms with E-state index in [9.17, 15) is 24.6 Å². The van der Waals surface area contributed by atoms with Crippen LogP contribution in [-0.2, 0) is 11.3 Å². The first-order valence-electron chi connectivity index (χ1n) is 9.51. The Hall–Kier alpha value is -4.14. The van der Waals surface area contributed by atoms with Crippen molar-refractivity contribution < 1.29 is 19.8 Å². The minimum absolute atomic E-state index is 0.154. The first-order chi connectivity index (χ1) is 14.8. The molecule has 1 atom stereocenters. The lowest BCUT2D eigenvalue weighted by molar-refractivity contribution is -0.137. The van der Waals surface area contributed by atoms with Gasteiger partial charge in [0.2, 0.25) is 0 Å². The fourth-order valence-electron chi connectivity index (χ4n) is 3.01. The first kappa shape index (κ1) is 21.6. The minimum atomic E-state index is -1.09. The van der Waals surface area contributed by atoms with E-state index >= 15 is 0 Å². The van der Waals surface area contributed by atoms with Crippen LogP contribution in [0, 0.1) is 6.92 Å². The lowest BCUT2D eigenvalue weighted by Crippen LogP contribution is -2.36. The molecule has 160 valence electrons. The molecule has 0 spiro atoms. The molecule has 0 unspecified atom stereocenters. The highest BCUT2D eigenvalue weighted by atomic mass is 16.4. The van der Waals surface area contributed by atoms with E-state index < -0.39 is 29.4 Å². The van der Waals surface area contributed by atoms with Crippen LogP contribution in [0.3, 0.4) is 0 Å². The van der Waals surface area contributed by atoms with Crippen LogP contribution in [0.5, 0.6) is 5.75 Å². The number of aryl methyl sites for hydroxylation is 1. The van der Waals surface area contributed by atoms with Gasteiger partial charge in [0.15, 0.2) is 5.69 Å². The van der Waals surface area contributed by atoms with Crippen LogP contribution in [0.15, 0.2) is 65.7 Å². The Kier molecular flexibility index (Phi) is 6.66. The number of hydrogen-bond acceptors (Lipinski definition) is 5. The number of carbonyl (C=O) groups excluding carboxylic acids is 1. The number of benzene rings is 1. The van der Waals surface area contributed by atoms with Crippen LogP contribution in [0.4, 0.5) is 10.5 Å². The lowest BCUT2D eigenvalue weighted by Gasteiger charge is -2.18. The summed E-state index contributed by atoms with van der Waals surface area (Å²) < 4.78 is 1.30. The second-order valence-corrected chi connectivity index (χ2v) is 6.99. The molecular weight excluding hydrogens is 400 g/mol. The molecule has 0 bridgehead atoms. The number of urea groups is 1. The maximum absolute atomic E-state index is 12.7. The van der Waals surface area contributed by atoms with Crippen LogP contribution in [0.1, 0.15) is 29.3 Å². The van der Waals surface area contributed by atoms with E-state index in [2.05, 4.69) is 15.6 Å². The highest BCUT2D eigenvalue weighted by Crippen LogP contribution is 2.20. The van der Waals surface area contributed by atoms with Crippen LogP contribution in [-0.4, -0.2) is 31.8 Å². The van der Waals surface area contributed by atoms with Crippen LogP contribution >= 0.6 is 0 Å². The number of aromatic hydroxyl groups is 1. The number of carbonyl (C=O) groups is 2. The molecule has 4 N–H and O–H groups in total. The van der Waals surface area contributed by atoms with Crippen molar-refractivity contribution >= 4 is 17.7 Å². The van der Waals surface area contributed by atoms with Crippen LogP contribution in [0.25, 0.3) is 0 Å². The Morgan fingerprint density at radius 1 is 1.13 bits per heavy atom. The SMILES string of the molecule is Cc1ccc([C@H](CC(=O)O)NC(=O)Nc2c(O)ccn(Cc3ccccn3)c2=O)cc1. The van der Waals surface area contributed by atoms with Gasteiger partial charge in [-0.15, -0.1) is 0 Å². The molecule has 0 aliphatic heterocycles. The second-order valence-electron chi connectivity index (χ2n) is 6.99. The third kappa shape index (κ3) is 5.69. The molecule has 1 aromatic carbocycles. The van der Waals surface area contributed by atoms with Gasteiger partial charge in [-0.25, -0.2) is 4.79 Å². The predicted octanol–water partition coefficient (Wildman–Crippen LogP) is 2.64. The summed E-state index contributed by atoms with van der Waals surface area (Å²) in [7, 11) is 0. The molecule has 2 aromatic heterocycles. The van der Waals surface area contributed by atoms with Gasteiger partial charge in [-0.1, -0.05) is 35.9 Å². The maximum Gasteiger partial charge on any atom is 0.319 e. The first-order valence-corrected chi connectivity index (χ1v) is 9.51. The van der Waals surface area contributed by atoms with Crippen molar-refractivity contribution in [2.75, 3.05) is 5.32 Å². The van der Waals surface area contributed by atoms with Crippen molar-refractivity contribution in [3.05, 3.63) is 88.1 Å². The van der Waals surface area contributed by atoms with E-state index in [1.807, 2.05) is 19.1 Å². The summed E-state index contributed by atoms with van der Waals surface area (Å²) in [5.41, 5.74) is 1.30. The van der Waals surface area contributed by atoms with Crippen molar-refractivity contribution in [2.45, 2.75) is 25.9 Å². The van der Waals surface area contributed by atoms with E-state index in [-0.39, 0.29) is 18.7 Å². The molecule has 0 radical (unpaired) electrons. The van der Waals surface area contributed by atoms with Gasteiger partial charge in [0.25, 0.3) is 5.56 Å². The molecule has 9 heteroatoms. The molecule has 2 heterocycles. The Morgan fingerprint density at radius 2 is 1.87 bits per heavy atom. The fraction of sp³-hybridized carbons (Fsp3) is 0.182. The van der Waals surface area contributed by atoms with Gasteiger partial charge in [0, 0.05) is 12.4 Å². The number of nitrogens with zero attached hydrogens (tertiary/aromatic N) is 2. The van der Waals surface area contributed by atoms with E-state index in [0.29, 0.717) is 11.3 Å². The van der Waals surface area contributed by atoms with Crippen molar-refractivity contribution in [3.63, 3.8) is 0 Å². The maximum atomic E-state index is 12.7. The number of hydrogen-bond donors (Lipinski definition) is 4. The Bertz CT molecular complexity index is 1130. The molecule has 31 heavy (non-hydrogen) atoms. The average molecular weight is 422 g/mol. The third-order valence-electron chi connectivity index (χ3n) is 4.60. The van der Waals surface area contributed by atoms with E-state index in [0.717, 1.165) is 5.56 Å². The molecule has 0 saturated heterocycles. The molecule has 3 aromatic rings. The smallest absolute Gasteiger partial charge is 0.319 e. The largest absolute Gasteiger partial charge is 0.505 e. The van der Waals surface area contributed by atoms with E-state index in [1.54, 1.807) is 36.5 Å². The number of anilines is 1. The Morgan fingerprint density at radius 3 is 2.52 bits per heavy atom. The zero-order valence-corrected chi connectivity index (χ0v) is 16.8. The summed E-state index contributed by atoms with van der Waals surface area (Å²) in [5, 5.41) is 24.2. The van der Waals surface area contributed by atoms with Crippen molar-refractivity contribution in [1.82, 2.24) is 14.9 Å². The van der Waals surface area contributed by atoms with Crippen molar-refractivity contribution in [2.24, 2.45) is 0 Å². The molecule has 0 aliphatic carbocycles. The van der Waals surface area contributed by atoms with Crippen LogP contribution in [0.2, 0.25) is 0 Å². The third-order valence-corrected chi connectivity index (χ3v) is 4.60. The van der Waals surface area contributed by atoms with Gasteiger partial charge in [0.1, 0.15) is 5.75 Å². The summed E-state index contributed by atoms with van der Waals surface area (Å²) in [6.07, 6.45) is 2.65. The molecule has 2 amide bonds. The molecule has 0 aliphatic rings. The van der Waals surface area contributed by atoms with Crippen molar-refractivity contribution in [1.29, 1.82) is 0 Å². The highest BCUT2D eigenvalue weighted by Gasteiger charge is 2.20. The number of rotatable bonds is 7. The van der Waals surface area contributed by atoms with E-state index in [1.165, 1.54) is 16.8 Å². The lowest BCUT2D eigenvalue weighted by atomic mass is 10.0. The van der Waals surface area contributed by atoms with Crippen LogP contribution < -0.4 is 16.2 Å². The summed E-state index contributed by atoms with van der Waals surface area (Å²) in [6.45, 7) is 2.05. The predicted molar refractivity (Wildman–Crippen MR) is 114 cm³/mol. The van der Waals surface area contributed by atoms with Gasteiger partial charge >= 0.3 is 12.0 Å². The highest BCUT2D eigenvalue weighted by molar-refractivity contribution is 5.91. The molecular formula is C22H22N4O5. The average Bonchev–Trinajstić information content (AvgIpc) is 2.74. The summed E-state index contributed by atoms with van der Waals surface area (Å²) in [4.78, 5) is 40.7. The number of aromatic nitrogens is 2. The molecule has 0 saturated carbocycles. The van der Waals surface area contributed by atoms with Crippen molar-refractivity contribution in [3.8, 4) is 5.75 Å². The monoisotopic (exact) mass is 422 g/mol. The summed E-state index contributed by atoms with van der Waals surface area (Å²) in [6, 6.07) is 12.0. The number of carboxylic acid groups (broad SMARTS) is 1. The fourth-order valence-corrected chi connectivity index (χ4v) is 3.01. The zero-order valence-electron chi connectivity index (χ0n) is 16.8. The molecule has 3 rings (SSSR count). The number of amides is 2. The number of carboxylic acids is 1. The van der Waals surface area contributed by atoms with E-state index in [4.69, 9.17) is 0 Å². The summed E-state index contributed by atoms with van der Waals surface area (Å²) in [5.74, 6) is -1.49. The quantitative estimate of drug-likeness (QED) is 0.463. The molecule has 9 nitrogen and oxygen atoms in total. The van der Waals surface area contributed by atoms with Gasteiger partial charge in [0.05, 0.1) is 24.7 Å². The number of pyridine rings is 2.